The molecule has 0 saturated carbocycles. The van der Waals surface area contributed by atoms with Crippen LogP contribution in [0.2, 0.25) is 0 Å². The van der Waals surface area contributed by atoms with Crippen molar-refractivity contribution in [3.63, 3.8) is 0 Å². The Morgan fingerprint density at radius 1 is 1.50 bits per heavy atom. The molecule has 6 nitrogen and oxygen atoms in total. The molecule has 0 atom stereocenters. The second-order valence-corrected chi connectivity index (χ2v) is 3.66. The van der Waals surface area contributed by atoms with Crippen molar-refractivity contribution in [2.75, 3.05) is 18.6 Å². The number of nitrogens with zero attached hydrogens (tertiary/aromatic N) is 3. The van der Waals surface area contributed by atoms with Gasteiger partial charge in [-0.3, -0.25) is 4.90 Å². The Hall–Kier alpha value is -2.37. The third-order valence-corrected chi connectivity index (χ3v) is 2.49. The van der Waals surface area contributed by atoms with Crippen molar-refractivity contribution in [2.45, 2.75) is 6.92 Å². The van der Waals surface area contributed by atoms with E-state index < -0.39 is 0 Å². The Morgan fingerprint density at radius 3 is 3.00 bits per heavy atom. The van der Waals surface area contributed by atoms with E-state index in [0.717, 1.165) is 16.9 Å². The molecule has 0 unspecified atom stereocenters. The normalized spacial score (nSPS) is 10.1. The van der Waals surface area contributed by atoms with E-state index in [4.69, 9.17) is 4.74 Å². The first-order valence-electron chi connectivity index (χ1n) is 5.59. The fraction of sp³-hybridized carbons (Fsp3) is 0.250. The Morgan fingerprint density at radius 2 is 2.33 bits per heavy atom. The first-order valence-corrected chi connectivity index (χ1v) is 5.59. The molecule has 6 heteroatoms. The van der Waals surface area contributed by atoms with Gasteiger partial charge in [-0.15, -0.1) is 0 Å². The van der Waals surface area contributed by atoms with Gasteiger partial charge < -0.3 is 4.74 Å². The van der Waals surface area contributed by atoms with Crippen LogP contribution in [-0.4, -0.2) is 35.2 Å². The fourth-order valence-corrected chi connectivity index (χ4v) is 1.54. The number of ether oxygens (including phenoxy) is 1. The zero-order valence-corrected chi connectivity index (χ0v) is 10.3. The number of hydrogen-bond acceptors (Lipinski definition) is 4. The maximum Gasteiger partial charge on any atom is 0.413 e. The van der Waals surface area contributed by atoms with Gasteiger partial charge in [0.15, 0.2) is 0 Å². The standard InChI is InChI=1S/C12H14N4O2/c1-3-18-12(17)16(2)10-6-4-5-9(7-10)11-8-13-15-14-11/h4-8H,3H2,1-2H3,(H,13,14,15). The van der Waals surface area contributed by atoms with Crippen LogP contribution in [0.25, 0.3) is 11.3 Å². The number of aromatic amines is 1. The van der Waals surface area contributed by atoms with Gasteiger partial charge in [0, 0.05) is 18.3 Å². The minimum atomic E-state index is -0.380. The number of anilines is 1. The largest absolute Gasteiger partial charge is 0.449 e. The van der Waals surface area contributed by atoms with Crippen molar-refractivity contribution in [3.8, 4) is 11.3 Å². The van der Waals surface area contributed by atoms with E-state index in [2.05, 4.69) is 15.4 Å². The minimum Gasteiger partial charge on any atom is -0.449 e. The fourth-order valence-electron chi connectivity index (χ4n) is 1.54. The number of rotatable bonds is 3. The average Bonchev–Trinajstić information content (AvgIpc) is 2.92. The van der Waals surface area contributed by atoms with Crippen molar-refractivity contribution >= 4 is 11.8 Å². The van der Waals surface area contributed by atoms with Crippen LogP contribution in [-0.2, 0) is 4.74 Å². The highest BCUT2D eigenvalue weighted by atomic mass is 16.6. The molecule has 1 N–H and O–H groups in total. The highest BCUT2D eigenvalue weighted by molar-refractivity contribution is 5.87. The van der Waals surface area contributed by atoms with Crippen molar-refractivity contribution in [1.29, 1.82) is 0 Å². The molecule has 0 spiro atoms. The highest BCUT2D eigenvalue weighted by Crippen LogP contribution is 2.22. The van der Waals surface area contributed by atoms with Gasteiger partial charge in [-0.05, 0) is 19.1 Å². The van der Waals surface area contributed by atoms with Gasteiger partial charge in [-0.25, -0.2) is 4.79 Å². The smallest absolute Gasteiger partial charge is 0.413 e. The van der Waals surface area contributed by atoms with E-state index >= 15 is 0 Å². The summed E-state index contributed by atoms with van der Waals surface area (Å²) in [7, 11) is 1.67. The summed E-state index contributed by atoms with van der Waals surface area (Å²) in [5, 5.41) is 10.3. The van der Waals surface area contributed by atoms with Crippen LogP contribution in [0, 0.1) is 0 Å². The van der Waals surface area contributed by atoms with Crippen LogP contribution in [0.3, 0.4) is 0 Å². The third-order valence-electron chi connectivity index (χ3n) is 2.49. The summed E-state index contributed by atoms with van der Waals surface area (Å²) in [5.74, 6) is 0. The molecule has 0 aliphatic carbocycles. The number of amides is 1. The lowest BCUT2D eigenvalue weighted by Gasteiger charge is -2.16. The molecular weight excluding hydrogens is 232 g/mol. The second-order valence-electron chi connectivity index (χ2n) is 3.66. The predicted octanol–water partition coefficient (Wildman–Crippen LogP) is 2.06. The zero-order valence-electron chi connectivity index (χ0n) is 10.3. The molecule has 0 fully saturated rings. The zero-order chi connectivity index (χ0) is 13.0. The summed E-state index contributed by atoms with van der Waals surface area (Å²) in [4.78, 5) is 13.1. The van der Waals surface area contributed by atoms with Crippen molar-refractivity contribution in [3.05, 3.63) is 30.5 Å². The third kappa shape index (κ3) is 2.48. The Balaban J connectivity index is 2.25. The predicted molar refractivity (Wildman–Crippen MR) is 67.2 cm³/mol. The topological polar surface area (TPSA) is 71.1 Å². The van der Waals surface area contributed by atoms with E-state index in [9.17, 15) is 4.79 Å². The molecule has 0 radical (unpaired) electrons. The van der Waals surface area contributed by atoms with Gasteiger partial charge in [0.1, 0.15) is 5.69 Å². The maximum atomic E-state index is 11.6. The minimum absolute atomic E-state index is 0.353. The van der Waals surface area contributed by atoms with Crippen LogP contribution in [0.15, 0.2) is 30.5 Å². The summed E-state index contributed by atoms with van der Waals surface area (Å²) in [6.45, 7) is 2.13. The average molecular weight is 246 g/mol. The van der Waals surface area contributed by atoms with E-state index in [0.29, 0.717) is 6.61 Å². The lowest BCUT2D eigenvalue weighted by Crippen LogP contribution is -2.26. The van der Waals surface area contributed by atoms with Gasteiger partial charge in [0.25, 0.3) is 0 Å². The first kappa shape index (κ1) is 12.1. The van der Waals surface area contributed by atoms with Gasteiger partial charge in [0.2, 0.25) is 0 Å². The number of H-pyrrole nitrogens is 1. The number of carbonyl (C=O) groups is 1. The van der Waals surface area contributed by atoms with Gasteiger partial charge in [-0.1, -0.05) is 12.1 Å². The molecule has 2 rings (SSSR count). The molecule has 0 bridgehead atoms. The van der Waals surface area contributed by atoms with Crippen LogP contribution < -0.4 is 4.90 Å². The van der Waals surface area contributed by atoms with E-state index in [1.54, 1.807) is 20.2 Å². The molecule has 0 aliphatic rings. The summed E-state index contributed by atoms with van der Waals surface area (Å²) >= 11 is 0. The number of benzene rings is 1. The Bertz CT molecular complexity index is 525. The summed E-state index contributed by atoms with van der Waals surface area (Å²) in [6.07, 6.45) is 1.25. The molecule has 2 aromatic rings. The SMILES string of the molecule is CCOC(=O)N(C)c1cccc(-c2cn[nH]n2)c1. The highest BCUT2D eigenvalue weighted by Gasteiger charge is 2.12. The van der Waals surface area contributed by atoms with Crippen LogP contribution in [0.5, 0.6) is 0 Å². The van der Waals surface area contributed by atoms with Crippen LogP contribution in [0.1, 0.15) is 6.92 Å². The molecule has 1 aromatic heterocycles. The van der Waals surface area contributed by atoms with Gasteiger partial charge in [-0.2, -0.15) is 15.4 Å². The second kappa shape index (κ2) is 5.31. The molecule has 94 valence electrons. The van der Waals surface area contributed by atoms with Crippen molar-refractivity contribution < 1.29 is 9.53 Å². The number of nitrogens with one attached hydrogen (secondary N) is 1. The quantitative estimate of drug-likeness (QED) is 0.899. The van der Waals surface area contributed by atoms with Crippen LogP contribution >= 0.6 is 0 Å². The summed E-state index contributed by atoms with van der Waals surface area (Å²) in [6, 6.07) is 7.45. The Kier molecular flexibility index (Phi) is 3.57. The lowest BCUT2D eigenvalue weighted by molar-refractivity contribution is 0.161. The maximum absolute atomic E-state index is 11.6. The van der Waals surface area contributed by atoms with E-state index in [1.165, 1.54) is 4.90 Å². The lowest BCUT2D eigenvalue weighted by atomic mass is 10.1. The molecule has 0 aliphatic heterocycles. The molecular formula is C12H14N4O2. The van der Waals surface area contributed by atoms with Gasteiger partial charge >= 0.3 is 6.09 Å². The molecule has 1 heterocycles. The molecule has 1 aromatic carbocycles. The number of hydrogen-bond donors (Lipinski definition) is 1. The molecule has 1 amide bonds. The van der Waals surface area contributed by atoms with Crippen molar-refractivity contribution in [2.24, 2.45) is 0 Å². The monoisotopic (exact) mass is 246 g/mol. The van der Waals surface area contributed by atoms with Gasteiger partial charge in [0.05, 0.1) is 12.8 Å². The van der Waals surface area contributed by atoms with Crippen LogP contribution in [0.4, 0.5) is 10.5 Å². The van der Waals surface area contributed by atoms with Crippen molar-refractivity contribution in [1.82, 2.24) is 15.4 Å². The summed E-state index contributed by atoms with van der Waals surface area (Å²) in [5.41, 5.74) is 2.36. The molecule has 0 saturated heterocycles. The van der Waals surface area contributed by atoms with E-state index in [1.807, 2.05) is 24.3 Å². The van der Waals surface area contributed by atoms with E-state index in [-0.39, 0.29) is 6.09 Å². The Labute approximate surface area is 105 Å². The number of aromatic nitrogens is 3. The molecule has 18 heavy (non-hydrogen) atoms. The summed E-state index contributed by atoms with van der Waals surface area (Å²) < 4.78 is 4.94. The first-order chi connectivity index (χ1) is 8.72. The number of carbonyl (C=O) groups excluding carboxylic acids is 1.